The lowest BCUT2D eigenvalue weighted by Gasteiger charge is -2.29. The number of halogens is 1. The van der Waals surface area contributed by atoms with Gasteiger partial charge in [0.25, 0.3) is 5.91 Å². The highest BCUT2D eigenvalue weighted by atomic mass is 19.1. The molecule has 3 heterocycles. The number of aromatic nitrogens is 1. The van der Waals surface area contributed by atoms with Gasteiger partial charge in [0, 0.05) is 42.4 Å². The Hall–Kier alpha value is -3.51. The summed E-state index contributed by atoms with van der Waals surface area (Å²) in [6, 6.07) is 15.9. The minimum atomic E-state index is -0.587. The van der Waals surface area contributed by atoms with Crippen molar-refractivity contribution in [3.63, 3.8) is 0 Å². The van der Waals surface area contributed by atoms with Gasteiger partial charge < -0.3 is 11.1 Å². The van der Waals surface area contributed by atoms with Crippen molar-refractivity contribution in [1.29, 1.82) is 0 Å². The summed E-state index contributed by atoms with van der Waals surface area (Å²) in [6.07, 6.45) is 4.05. The summed E-state index contributed by atoms with van der Waals surface area (Å²) in [5.41, 5.74) is 12.9. The molecule has 0 saturated carbocycles. The van der Waals surface area contributed by atoms with Gasteiger partial charge in [0.05, 0.1) is 0 Å². The van der Waals surface area contributed by atoms with Gasteiger partial charge in [0.2, 0.25) is 5.95 Å². The van der Waals surface area contributed by atoms with Crippen LogP contribution in [0.4, 0.5) is 10.2 Å². The average molecular weight is 457 g/mol. The Balaban J connectivity index is 1.45. The van der Waals surface area contributed by atoms with Gasteiger partial charge >= 0.3 is 0 Å². The van der Waals surface area contributed by atoms with Gasteiger partial charge in [-0.15, -0.1) is 0 Å². The third kappa shape index (κ3) is 4.21. The Morgan fingerprint density at radius 2 is 1.71 bits per heavy atom. The molecule has 0 unspecified atom stereocenters. The van der Waals surface area contributed by atoms with Crippen LogP contribution in [0.1, 0.15) is 41.8 Å². The number of carbonyl (C=O) groups is 1. The number of nitrogen functional groups attached to an aromatic ring is 1. The summed E-state index contributed by atoms with van der Waals surface area (Å²) in [6.45, 7) is 7.05. The zero-order chi connectivity index (χ0) is 23.8. The minimum Gasteiger partial charge on any atom is -0.383 e. The second kappa shape index (κ2) is 9.03. The van der Waals surface area contributed by atoms with E-state index in [4.69, 9.17) is 5.73 Å². The largest absolute Gasteiger partial charge is 0.383 e. The first-order valence-electron chi connectivity index (χ1n) is 11.8. The molecule has 0 aliphatic carbocycles. The molecule has 0 radical (unpaired) electrons. The molecule has 3 N–H and O–H groups in total. The molecular weight excluding hydrogens is 427 g/mol. The summed E-state index contributed by atoms with van der Waals surface area (Å²) in [5, 5.41) is 2.85. The first-order chi connectivity index (χ1) is 16.4. The summed E-state index contributed by atoms with van der Waals surface area (Å²) < 4.78 is 14.9. The fraction of sp³-hybridized carbons (Fsp3) is 0.286. The van der Waals surface area contributed by atoms with Crippen molar-refractivity contribution < 1.29 is 9.18 Å². The van der Waals surface area contributed by atoms with Crippen LogP contribution in [0.3, 0.4) is 0 Å². The standard InChI is InChI=1S/C28H29FN4O/c1-17(2)33-13-10-19(11-14-33)18-3-5-20(6-4-18)24-16-25(27(30)32-26(24)29)21-7-8-23-22(15-21)9-12-31-28(23)34/h3-8,10,15-17H,9,11-14H2,1-2H3,(H2,30,32)(H,31,34). The topological polar surface area (TPSA) is 71.2 Å². The maximum atomic E-state index is 14.9. The van der Waals surface area contributed by atoms with Gasteiger partial charge in [-0.2, -0.15) is 4.39 Å². The van der Waals surface area contributed by atoms with E-state index < -0.39 is 5.95 Å². The third-order valence-corrected chi connectivity index (χ3v) is 6.88. The lowest BCUT2D eigenvalue weighted by atomic mass is 9.93. The number of nitrogens with zero attached hydrogens (tertiary/aromatic N) is 2. The van der Waals surface area contributed by atoms with Crippen LogP contribution in [-0.2, 0) is 6.42 Å². The van der Waals surface area contributed by atoms with E-state index in [-0.39, 0.29) is 11.7 Å². The molecule has 0 atom stereocenters. The summed E-state index contributed by atoms with van der Waals surface area (Å²) in [5.74, 6) is -0.514. The number of pyridine rings is 1. The zero-order valence-electron chi connectivity index (χ0n) is 19.6. The fourth-order valence-electron chi connectivity index (χ4n) is 4.81. The number of carbonyl (C=O) groups excluding carboxylic acids is 1. The number of fused-ring (bicyclic) bond motifs is 1. The predicted octanol–water partition coefficient (Wildman–Crippen LogP) is 4.92. The first kappa shape index (κ1) is 22.3. The molecule has 1 amide bonds. The van der Waals surface area contributed by atoms with E-state index in [9.17, 15) is 9.18 Å². The Morgan fingerprint density at radius 3 is 2.41 bits per heavy atom. The number of nitrogens with one attached hydrogen (secondary N) is 1. The van der Waals surface area contributed by atoms with Gasteiger partial charge in [0.15, 0.2) is 0 Å². The van der Waals surface area contributed by atoms with Crippen molar-refractivity contribution in [3.8, 4) is 22.3 Å². The molecule has 0 fully saturated rings. The van der Waals surface area contributed by atoms with Crippen LogP contribution in [0.25, 0.3) is 27.8 Å². The predicted molar refractivity (Wildman–Crippen MR) is 135 cm³/mol. The molecule has 174 valence electrons. The molecule has 0 spiro atoms. The van der Waals surface area contributed by atoms with Crippen molar-refractivity contribution in [3.05, 3.63) is 77.2 Å². The molecule has 2 aliphatic rings. The molecule has 6 heteroatoms. The number of rotatable bonds is 4. The maximum absolute atomic E-state index is 14.9. The molecule has 1 aromatic heterocycles. The van der Waals surface area contributed by atoms with Crippen LogP contribution in [0.15, 0.2) is 54.6 Å². The number of benzene rings is 2. The second-order valence-corrected chi connectivity index (χ2v) is 9.28. The van der Waals surface area contributed by atoms with Gasteiger partial charge in [-0.05, 0) is 66.6 Å². The SMILES string of the molecule is CC(C)N1CC=C(c2ccc(-c3cc(-c4ccc5c(c4)CCNC5=O)c(N)nc3F)cc2)CC1. The highest BCUT2D eigenvalue weighted by Gasteiger charge is 2.20. The Morgan fingerprint density at radius 1 is 0.971 bits per heavy atom. The molecule has 34 heavy (non-hydrogen) atoms. The van der Waals surface area contributed by atoms with Crippen LogP contribution >= 0.6 is 0 Å². The van der Waals surface area contributed by atoms with E-state index in [1.807, 2.05) is 24.3 Å². The quantitative estimate of drug-likeness (QED) is 0.547. The molecule has 0 saturated heterocycles. The van der Waals surface area contributed by atoms with E-state index in [0.717, 1.165) is 42.6 Å². The van der Waals surface area contributed by atoms with Crippen molar-refractivity contribution in [2.24, 2.45) is 0 Å². The molecular formula is C28H29FN4O. The smallest absolute Gasteiger partial charge is 0.251 e. The molecule has 2 aliphatic heterocycles. The van der Waals surface area contributed by atoms with Crippen LogP contribution in [0.5, 0.6) is 0 Å². The fourth-order valence-corrected chi connectivity index (χ4v) is 4.81. The third-order valence-electron chi connectivity index (χ3n) is 6.88. The lowest BCUT2D eigenvalue weighted by Crippen LogP contribution is -2.34. The summed E-state index contributed by atoms with van der Waals surface area (Å²) in [7, 11) is 0. The highest BCUT2D eigenvalue weighted by molar-refractivity contribution is 5.97. The molecule has 5 nitrogen and oxygen atoms in total. The number of amides is 1. The lowest BCUT2D eigenvalue weighted by molar-refractivity contribution is 0.0946. The number of anilines is 1. The van der Waals surface area contributed by atoms with Gasteiger partial charge in [-0.3, -0.25) is 9.69 Å². The van der Waals surface area contributed by atoms with Gasteiger partial charge in [-0.25, -0.2) is 4.98 Å². The highest BCUT2D eigenvalue weighted by Crippen LogP contribution is 2.34. The number of hydrogen-bond acceptors (Lipinski definition) is 4. The van der Waals surface area contributed by atoms with Crippen molar-refractivity contribution in [2.75, 3.05) is 25.4 Å². The normalized spacial score (nSPS) is 16.2. The Labute approximate surface area is 199 Å². The van der Waals surface area contributed by atoms with E-state index in [1.54, 1.807) is 12.1 Å². The van der Waals surface area contributed by atoms with Gasteiger partial charge in [-0.1, -0.05) is 42.5 Å². The van der Waals surface area contributed by atoms with E-state index >= 15 is 0 Å². The Bertz CT molecular complexity index is 1280. The summed E-state index contributed by atoms with van der Waals surface area (Å²) >= 11 is 0. The Kier molecular flexibility index (Phi) is 5.92. The number of nitrogens with two attached hydrogens (primary N) is 1. The second-order valence-electron chi connectivity index (χ2n) is 9.28. The molecule has 3 aromatic rings. The van der Waals surface area contributed by atoms with Crippen molar-refractivity contribution in [2.45, 2.75) is 32.7 Å². The van der Waals surface area contributed by atoms with E-state index in [1.165, 1.54) is 11.1 Å². The molecule has 2 aromatic carbocycles. The minimum absolute atomic E-state index is 0.0659. The molecule has 5 rings (SSSR count). The zero-order valence-corrected chi connectivity index (χ0v) is 19.6. The monoisotopic (exact) mass is 456 g/mol. The van der Waals surface area contributed by atoms with Crippen LogP contribution < -0.4 is 11.1 Å². The van der Waals surface area contributed by atoms with Crippen molar-refractivity contribution in [1.82, 2.24) is 15.2 Å². The molecule has 0 bridgehead atoms. The van der Waals surface area contributed by atoms with Crippen LogP contribution in [0, 0.1) is 5.95 Å². The van der Waals surface area contributed by atoms with Crippen LogP contribution in [-0.4, -0.2) is 41.5 Å². The first-order valence-corrected chi connectivity index (χ1v) is 11.8. The average Bonchev–Trinajstić information content (AvgIpc) is 2.84. The van der Waals surface area contributed by atoms with E-state index in [2.05, 4.69) is 47.3 Å². The van der Waals surface area contributed by atoms with Crippen molar-refractivity contribution >= 4 is 17.3 Å². The van der Waals surface area contributed by atoms with E-state index in [0.29, 0.717) is 29.3 Å². The van der Waals surface area contributed by atoms with Gasteiger partial charge in [0.1, 0.15) is 5.82 Å². The van der Waals surface area contributed by atoms with Crippen LogP contribution in [0.2, 0.25) is 0 Å². The summed E-state index contributed by atoms with van der Waals surface area (Å²) in [4.78, 5) is 18.5. The number of hydrogen-bond donors (Lipinski definition) is 2. The maximum Gasteiger partial charge on any atom is 0.251 e.